The molecule has 1 fully saturated rings. The molecule has 1 heterocycles. The Morgan fingerprint density at radius 1 is 1.32 bits per heavy atom. The molecule has 1 aliphatic heterocycles. The van der Waals surface area contributed by atoms with Crippen molar-refractivity contribution >= 4 is 33.0 Å². The number of halogens is 1. The fourth-order valence-electron chi connectivity index (χ4n) is 2.28. The summed E-state index contributed by atoms with van der Waals surface area (Å²) in [6.07, 6.45) is 0.829. The number of sulfone groups is 1. The topological polar surface area (TPSA) is 89.3 Å². The van der Waals surface area contributed by atoms with Gasteiger partial charge in [-0.1, -0.05) is 11.6 Å². The van der Waals surface area contributed by atoms with Crippen molar-refractivity contribution in [1.82, 2.24) is 0 Å². The van der Waals surface area contributed by atoms with Crippen LogP contribution in [0.4, 0.5) is 5.69 Å². The van der Waals surface area contributed by atoms with Crippen molar-refractivity contribution in [3.05, 3.63) is 29.3 Å². The molecule has 0 aliphatic carbocycles. The van der Waals surface area contributed by atoms with Crippen LogP contribution < -0.4 is 11.1 Å². The molecule has 1 atom stereocenters. The molecule has 0 saturated carbocycles. The van der Waals surface area contributed by atoms with Crippen molar-refractivity contribution in [3.63, 3.8) is 0 Å². The predicted molar refractivity (Wildman–Crippen MR) is 74.9 cm³/mol. The summed E-state index contributed by atoms with van der Waals surface area (Å²) in [4.78, 5) is 11.7. The molecule has 0 bridgehead atoms. The quantitative estimate of drug-likeness (QED) is 0.877. The number of hydrogen-bond donors (Lipinski definition) is 2. The Bertz CT molecular complexity index is 585. The van der Waals surface area contributed by atoms with Crippen LogP contribution in [0.2, 0.25) is 5.02 Å². The van der Waals surface area contributed by atoms with Gasteiger partial charge in [0.05, 0.1) is 11.5 Å². The number of hydrogen-bond acceptors (Lipinski definition) is 4. The summed E-state index contributed by atoms with van der Waals surface area (Å²) < 4.78 is 23.5. The molecular formula is C12H15ClN2O3S. The van der Waals surface area contributed by atoms with Gasteiger partial charge in [-0.2, -0.15) is 0 Å². The van der Waals surface area contributed by atoms with Crippen molar-refractivity contribution in [3.8, 4) is 0 Å². The summed E-state index contributed by atoms with van der Waals surface area (Å²) >= 11 is 5.78. The van der Waals surface area contributed by atoms with E-state index in [9.17, 15) is 13.2 Å². The molecule has 1 amide bonds. The van der Waals surface area contributed by atoms with Gasteiger partial charge < -0.3 is 11.1 Å². The third-order valence-electron chi connectivity index (χ3n) is 3.22. The molecule has 3 N–H and O–H groups in total. The molecule has 1 aromatic rings. The number of anilines is 1. The largest absolute Gasteiger partial charge is 0.370 e. The summed E-state index contributed by atoms with van der Waals surface area (Å²) in [6.45, 7) is 0. The standard InChI is InChI=1S/C12H15ClN2O3S/c13-9-2-4-10(5-3-9)15-12(11(14)16)6-1-7-19(17,18)8-12/h2-5,15H,1,6-8H2,(H2,14,16). The number of primary amides is 1. The average molecular weight is 303 g/mol. The molecule has 1 aliphatic rings. The van der Waals surface area contributed by atoms with E-state index in [1.807, 2.05) is 0 Å². The second kappa shape index (κ2) is 5.02. The highest BCUT2D eigenvalue weighted by molar-refractivity contribution is 7.91. The molecule has 1 aromatic carbocycles. The van der Waals surface area contributed by atoms with E-state index < -0.39 is 21.3 Å². The summed E-state index contributed by atoms with van der Waals surface area (Å²) in [7, 11) is -3.25. The highest BCUT2D eigenvalue weighted by Crippen LogP contribution is 2.28. The van der Waals surface area contributed by atoms with E-state index in [0.717, 1.165) is 0 Å². The number of rotatable bonds is 3. The van der Waals surface area contributed by atoms with Gasteiger partial charge in [-0.15, -0.1) is 0 Å². The highest BCUT2D eigenvalue weighted by atomic mass is 35.5. The van der Waals surface area contributed by atoms with Crippen molar-refractivity contribution < 1.29 is 13.2 Å². The molecule has 1 saturated heterocycles. The Morgan fingerprint density at radius 2 is 1.95 bits per heavy atom. The summed E-state index contributed by atoms with van der Waals surface area (Å²) in [5.41, 5.74) is 4.80. The first-order valence-corrected chi connectivity index (χ1v) is 8.07. The normalized spacial score (nSPS) is 25.7. The molecule has 19 heavy (non-hydrogen) atoms. The van der Waals surface area contributed by atoms with Gasteiger partial charge >= 0.3 is 0 Å². The number of nitrogens with two attached hydrogens (primary N) is 1. The first kappa shape index (κ1) is 14.1. The Balaban J connectivity index is 2.30. The van der Waals surface area contributed by atoms with E-state index in [-0.39, 0.29) is 11.5 Å². The minimum absolute atomic E-state index is 0.102. The molecule has 2 rings (SSSR count). The van der Waals surface area contributed by atoms with Crippen molar-refractivity contribution in [2.45, 2.75) is 18.4 Å². The summed E-state index contributed by atoms with van der Waals surface area (Å²) in [6, 6.07) is 6.70. The van der Waals surface area contributed by atoms with Gasteiger partial charge in [0.25, 0.3) is 0 Å². The van der Waals surface area contributed by atoms with Crippen LogP contribution in [0.15, 0.2) is 24.3 Å². The third-order valence-corrected chi connectivity index (χ3v) is 5.32. The monoisotopic (exact) mass is 302 g/mol. The predicted octanol–water partition coefficient (Wildman–Crippen LogP) is 1.18. The van der Waals surface area contributed by atoms with E-state index >= 15 is 0 Å². The van der Waals surface area contributed by atoms with Gasteiger partial charge in [-0.05, 0) is 37.1 Å². The first-order chi connectivity index (χ1) is 8.83. The van der Waals surface area contributed by atoms with Crippen molar-refractivity contribution in [2.24, 2.45) is 5.73 Å². The SMILES string of the molecule is NC(=O)C1(Nc2ccc(Cl)cc2)CCCS(=O)(=O)C1. The van der Waals surface area contributed by atoms with Gasteiger partial charge in [0.1, 0.15) is 5.54 Å². The average Bonchev–Trinajstić information content (AvgIpc) is 2.31. The highest BCUT2D eigenvalue weighted by Gasteiger charge is 2.43. The third kappa shape index (κ3) is 3.19. The first-order valence-electron chi connectivity index (χ1n) is 5.87. The van der Waals surface area contributed by atoms with E-state index in [1.165, 1.54) is 0 Å². The Labute approximate surface area is 117 Å². The van der Waals surface area contributed by atoms with Crippen LogP contribution in [0.5, 0.6) is 0 Å². The molecule has 0 radical (unpaired) electrons. The smallest absolute Gasteiger partial charge is 0.244 e. The van der Waals surface area contributed by atoms with Crippen LogP contribution in [0, 0.1) is 0 Å². The van der Waals surface area contributed by atoms with Crippen LogP contribution in [-0.4, -0.2) is 31.4 Å². The minimum Gasteiger partial charge on any atom is -0.370 e. The van der Waals surface area contributed by atoms with Gasteiger partial charge in [0, 0.05) is 10.7 Å². The van der Waals surface area contributed by atoms with E-state index in [1.54, 1.807) is 24.3 Å². The van der Waals surface area contributed by atoms with Gasteiger partial charge in [-0.3, -0.25) is 4.79 Å². The van der Waals surface area contributed by atoms with E-state index in [4.69, 9.17) is 17.3 Å². The van der Waals surface area contributed by atoms with Crippen LogP contribution in [-0.2, 0) is 14.6 Å². The van der Waals surface area contributed by atoms with Gasteiger partial charge in [-0.25, -0.2) is 8.42 Å². The van der Waals surface area contributed by atoms with Gasteiger partial charge in [0.15, 0.2) is 9.84 Å². The van der Waals surface area contributed by atoms with Crippen LogP contribution in [0.25, 0.3) is 0 Å². The molecule has 104 valence electrons. The number of carbonyl (C=O) groups is 1. The maximum absolute atomic E-state index is 11.7. The molecule has 0 spiro atoms. The lowest BCUT2D eigenvalue weighted by Gasteiger charge is -2.35. The molecular weight excluding hydrogens is 288 g/mol. The molecule has 1 unspecified atom stereocenters. The molecule has 7 heteroatoms. The lowest BCUT2D eigenvalue weighted by molar-refractivity contribution is -0.122. The lowest BCUT2D eigenvalue weighted by atomic mass is 9.94. The fraction of sp³-hybridized carbons (Fsp3) is 0.417. The minimum atomic E-state index is -3.25. The van der Waals surface area contributed by atoms with Crippen LogP contribution >= 0.6 is 11.6 Å². The van der Waals surface area contributed by atoms with Crippen molar-refractivity contribution in [2.75, 3.05) is 16.8 Å². The Kier molecular flexibility index (Phi) is 3.73. The zero-order valence-corrected chi connectivity index (χ0v) is 11.8. The zero-order valence-electron chi connectivity index (χ0n) is 10.2. The maximum Gasteiger partial charge on any atom is 0.244 e. The van der Waals surface area contributed by atoms with E-state index in [0.29, 0.717) is 23.6 Å². The van der Waals surface area contributed by atoms with Crippen molar-refractivity contribution in [1.29, 1.82) is 0 Å². The number of amides is 1. The second-order valence-electron chi connectivity index (χ2n) is 4.77. The van der Waals surface area contributed by atoms with Gasteiger partial charge in [0.2, 0.25) is 5.91 Å². The van der Waals surface area contributed by atoms with E-state index in [2.05, 4.69) is 5.32 Å². The fourth-order valence-corrected chi connectivity index (χ4v) is 4.24. The lowest BCUT2D eigenvalue weighted by Crippen LogP contribution is -2.57. The number of carbonyl (C=O) groups excluding carboxylic acids is 1. The summed E-state index contributed by atoms with van der Waals surface area (Å²) in [5.74, 6) is -0.812. The van der Waals surface area contributed by atoms with Crippen LogP contribution in [0.1, 0.15) is 12.8 Å². The molecule has 5 nitrogen and oxygen atoms in total. The number of nitrogens with one attached hydrogen (secondary N) is 1. The number of benzene rings is 1. The summed E-state index contributed by atoms with van der Waals surface area (Å²) in [5, 5.41) is 3.53. The zero-order chi connectivity index (χ0) is 14.1. The Hall–Kier alpha value is -1.27. The molecule has 0 aromatic heterocycles. The Morgan fingerprint density at radius 3 is 2.47 bits per heavy atom. The second-order valence-corrected chi connectivity index (χ2v) is 7.39. The maximum atomic E-state index is 11.7. The van der Waals surface area contributed by atoms with Crippen LogP contribution in [0.3, 0.4) is 0 Å².